The van der Waals surface area contributed by atoms with E-state index in [2.05, 4.69) is 25.7 Å². The molecule has 0 aromatic heterocycles. The van der Waals surface area contributed by atoms with Gasteiger partial charge >= 0.3 is 5.97 Å². The highest BCUT2D eigenvalue weighted by molar-refractivity contribution is 5.69. The minimum Gasteiger partial charge on any atom is -0.481 e. The van der Waals surface area contributed by atoms with Gasteiger partial charge in [-0.15, -0.1) is 0 Å². The minimum absolute atomic E-state index is 0.260. The predicted molar refractivity (Wildman–Crippen MR) is 63.0 cm³/mol. The Morgan fingerprint density at radius 1 is 1.27 bits per heavy atom. The Hall–Kier alpha value is -0.570. The lowest BCUT2D eigenvalue weighted by atomic mass is 10.1. The quantitative estimate of drug-likeness (QED) is 0.676. The van der Waals surface area contributed by atoms with Crippen LogP contribution in [0.15, 0.2) is 0 Å². The first-order chi connectivity index (χ1) is 6.97. The van der Waals surface area contributed by atoms with E-state index in [1.54, 1.807) is 6.92 Å². The molecule has 0 radical (unpaired) electrons. The largest absolute Gasteiger partial charge is 0.481 e. The monoisotopic (exact) mass is 215 g/mol. The van der Waals surface area contributed by atoms with Crippen LogP contribution >= 0.6 is 0 Å². The maximum Gasteiger partial charge on any atom is 0.307 e. The van der Waals surface area contributed by atoms with E-state index in [-0.39, 0.29) is 5.92 Å². The van der Waals surface area contributed by atoms with E-state index in [0.717, 1.165) is 25.9 Å². The molecule has 0 saturated carbocycles. The molecule has 3 nitrogen and oxygen atoms in total. The standard InChI is InChI=1S/C12H25NO2/c1-5-7-13(8-6-10(2)3)9-11(4)12(14)15/h10-11H,5-9H2,1-4H3,(H,14,15). The summed E-state index contributed by atoms with van der Waals surface area (Å²) in [5, 5.41) is 8.85. The molecular formula is C12H25NO2. The van der Waals surface area contributed by atoms with Crippen molar-refractivity contribution in [2.75, 3.05) is 19.6 Å². The average Bonchev–Trinajstić information content (AvgIpc) is 2.14. The average molecular weight is 215 g/mol. The predicted octanol–water partition coefficient (Wildman–Crippen LogP) is 2.47. The van der Waals surface area contributed by atoms with E-state index in [1.807, 2.05) is 0 Å². The van der Waals surface area contributed by atoms with E-state index in [9.17, 15) is 4.79 Å². The SMILES string of the molecule is CCCN(CCC(C)C)CC(C)C(=O)O. The van der Waals surface area contributed by atoms with Crippen LogP contribution in [0.2, 0.25) is 0 Å². The highest BCUT2D eigenvalue weighted by atomic mass is 16.4. The fraction of sp³-hybridized carbons (Fsp3) is 0.917. The van der Waals surface area contributed by atoms with Crippen molar-refractivity contribution in [2.24, 2.45) is 11.8 Å². The molecule has 3 heteroatoms. The Kier molecular flexibility index (Phi) is 7.39. The van der Waals surface area contributed by atoms with Crippen LogP contribution in [-0.4, -0.2) is 35.6 Å². The maximum atomic E-state index is 10.8. The zero-order valence-electron chi connectivity index (χ0n) is 10.5. The van der Waals surface area contributed by atoms with Crippen molar-refractivity contribution < 1.29 is 9.90 Å². The third-order valence-corrected chi connectivity index (χ3v) is 2.52. The first-order valence-electron chi connectivity index (χ1n) is 5.92. The van der Waals surface area contributed by atoms with Gasteiger partial charge in [-0.1, -0.05) is 27.7 Å². The van der Waals surface area contributed by atoms with Gasteiger partial charge in [0.05, 0.1) is 5.92 Å². The van der Waals surface area contributed by atoms with Crippen molar-refractivity contribution in [2.45, 2.75) is 40.5 Å². The third kappa shape index (κ3) is 7.37. The Morgan fingerprint density at radius 3 is 2.27 bits per heavy atom. The maximum absolute atomic E-state index is 10.8. The summed E-state index contributed by atoms with van der Waals surface area (Å²) in [6.45, 7) is 11.0. The summed E-state index contributed by atoms with van der Waals surface area (Å²) in [6, 6.07) is 0. The molecule has 0 aromatic rings. The van der Waals surface area contributed by atoms with E-state index in [1.165, 1.54) is 0 Å². The summed E-state index contributed by atoms with van der Waals surface area (Å²) in [5.74, 6) is -0.270. The molecule has 0 aliphatic heterocycles. The van der Waals surface area contributed by atoms with Gasteiger partial charge in [-0.3, -0.25) is 4.79 Å². The lowest BCUT2D eigenvalue weighted by molar-refractivity contribution is -0.141. The third-order valence-electron chi connectivity index (χ3n) is 2.52. The van der Waals surface area contributed by atoms with Crippen LogP contribution in [0.5, 0.6) is 0 Å². The number of hydrogen-bond donors (Lipinski definition) is 1. The van der Waals surface area contributed by atoms with Crippen LogP contribution in [0.4, 0.5) is 0 Å². The van der Waals surface area contributed by atoms with E-state index >= 15 is 0 Å². The Labute approximate surface area is 93.5 Å². The number of carboxylic acids is 1. The van der Waals surface area contributed by atoms with Gasteiger partial charge in [0, 0.05) is 6.54 Å². The summed E-state index contributed by atoms with van der Waals surface area (Å²) in [4.78, 5) is 13.0. The molecule has 0 aliphatic rings. The number of carbonyl (C=O) groups is 1. The van der Waals surface area contributed by atoms with E-state index < -0.39 is 5.97 Å². The molecule has 0 spiro atoms. The highest BCUT2D eigenvalue weighted by Crippen LogP contribution is 2.06. The summed E-state index contributed by atoms with van der Waals surface area (Å²) < 4.78 is 0. The summed E-state index contributed by atoms with van der Waals surface area (Å²) in [7, 11) is 0. The Bertz CT molecular complexity index is 180. The zero-order valence-corrected chi connectivity index (χ0v) is 10.5. The number of aliphatic carboxylic acids is 1. The number of nitrogens with zero attached hydrogens (tertiary/aromatic N) is 1. The molecule has 90 valence electrons. The molecule has 0 saturated heterocycles. The molecule has 0 aromatic carbocycles. The van der Waals surface area contributed by atoms with Crippen molar-refractivity contribution in [3.63, 3.8) is 0 Å². The highest BCUT2D eigenvalue weighted by Gasteiger charge is 2.15. The molecule has 0 rings (SSSR count). The molecule has 15 heavy (non-hydrogen) atoms. The molecule has 1 unspecified atom stereocenters. The molecular weight excluding hydrogens is 190 g/mol. The van der Waals surface area contributed by atoms with Gasteiger partial charge in [0.1, 0.15) is 0 Å². The van der Waals surface area contributed by atoms with Gasteiger partial charge in [-0.2, -0.15) is 0 Å². The van der Waals surface area contributed by atoms with Crippen LogP contribution < -0.4 is 0 Å². The van der Waals surface area contributed by atoms with Crippen molar-refractivity contribution >= 4 is 5.97 Å². The Balaban J connectivity index is 3.97. The van der Waals surface area contributed by atoms with Gasteiger partial charge in [0.25, 0.3) is 0 Å². The van der Waals surface area contributed by atoms with Crippen LogP contribution in [0.1, 0.15) is 40.5 Å². The van der Waals surface area contributed by atoms with Crippen molar-refractivity contribution in [1.29, 1.82) is 0 Å². The number of hydrogen-bond acceptors (Lipinski definition) is 2. The van der Waals surface area contributed by atoms with Crippen LogP contribution in [0.25, 0.3) is 0 Å². The summed E-state index contributed by atoms with van der Waals surface area (Å²) in [6.07, 6.45) is 2.23. The smallest absolute Gasteiger partial charge is 0.307 e. The molecule has 0 bridgehead atoms. The fourth-order valence-corrected chi connectivity index (χ4v) is 1.52. The number of rotatable bonds is 8. The summed E-state index contributed by atoms with van der Waals surface area (Å²) in [5.41, 5.74) is 0. The second-order valence-corrected chi connectivity index (χ2v) is 4.72. The van der Waals surface area contributed by atoms with Gasteiger partial charge in [0.2, 0.25) is 0 Å². The van der Waals surface area contributed by atoms with Crippen molar-refractivity contribution in [3.05, 3.63) is 0 Å². The molecule has 1 N–H and O–H groups in total. The van der Waals surface area contributed by atoms with Crippen molar-refractivity contribution in [1.82, 2.24) is 4.90 Å². The van der Waals surface area contributed by atoms with Crippen molar-refractivity contribution in [3.8, 4) is 0 Å². The molecule has 0 fully saturated rings. The lowest BCUT2D eigenvalue weighted by Crippen LogP contribution is -2.33. The van der Waals surface area contributed by atoms with E-state index in [4.69, 9.17) is 5.11 Å². The zero-order chi connectivity index (χ0) is 11.8. The molecule has 1 atom stereocenters. The molecule has 0 aliphatic carbocycles. The second kappa shape index (κ2) is 7.69. The summed E-state index contributed by atoms with van der Waals surface area (Å²) >= 11 is 0. The van der Waals surface area contributed by atoms with Crippen LogP contribution in [0, 0.1) is 11.8 Å². The molecule has 0 amide bonds. The topological polar surface area (TPSA) is 40.5 Å². The first-order valence-corrected chi connectivity index (χ1v) is 5.92. The van der Waals surface area contributed by atoms with E-state index in [0.29, 0.717) is 12.5 Å². The lowest BCUT2D eigenvalue weighted by Gasteiger charge is -2.24. The van der Waals surface area contributed by atoms with Gasteiger partial charge in [0.15, 0.2) is 0 Å². The fourth-order valence-electron chi connectivity index (χ4n) is 1.52. The number of carboxylic acid groups (broad SMARTS) is 1. The van der Waals surface area contributed by atoms with Gasteiger partial charge in [-0.05, 0) is 31.8 Å². The van der Waals surface area contributed by atoms with Crippen LogP contribution in [-0.2, 0) is 4.79 Å². The molecule has 0 heterocycles. The normalized spacial score (nSPS) is 13.5. The van der Waals surface area contributed by atoms with Gasteiger partial charge < -0.3 is 10.0 Å². The first kappa shape index (κ1) is 14.4. The van der Waals surface area contributed by atoms with Crippen LogP contribution in [0.3, 0.4) is 0 Å². The second-order valence-electron chi connectivity index (χ2n) is 4.72. The Morgan fingerprint density at radius 2 is 1.87 bits per heavy atom. The van der Waals surface area contributed by atoms with Gasteiger partial charge in [-0.25, -0.2) is 0 Å². The minimum atomic E-state index is -0.694.